The highest BCUT2D eigenvalue weighted by molar-refractivity contribution is 5.84. The van der Waals surface area contributed by atoms with Crippen LogP contribution in [-0.2, 0) is 14.3 Å². The Hall–Kier alpha value is -2.45. The van der Waals surface area contributed by atoms with E-state index in [1.807, 2.05) is 0 Å². The zero-order valence-electron chi connectivity index (χ0n) is 15.9. The van der Waals surface area contributed by atoms with Gasteiger partial charge in [0.2, 0.25) is 5.91 Å². The van der Waals surface area contributed by atoms with Crippen molar-refractivity contribution in [2.75, 3.05) is 31.6 Å². The number of carbonyl (C=O) groups is 2. The molecule has 1 atom stereocenters. The van der Waals surface area contributed by atoms with Gasteiger partial charge in [0.15, 0.2) is 6.61 Å². The number of ether oxygens (including phenoxy) is 2. The van der Waals surface area contributed by atoms with E-state index in [1.54, 1.807) is 30.9 Å². The number of likely N-dealkylation sites (tertiary alicyclic amines) is 1. The van der Waals surface area contributed by atoms with Crippen LogP contribution in [0.2, 0.25) is 0 Å². The quantitative estimate of drug-likeness (QED) is 0.710. The molecule has 1 unspecified atom stereocenters. The van der Waals surface area contributed by atoms with Crippen molar-refractivity contribution in [1.29, 1.82) is 0 Å². The molecule has 0 bridgehead atoms. The molecule has 1 aromatic carbocycles. The lowest BCUT2D eigenvalue weighted by Crippen LogP contribution is -2.46. The van der Waals surface area contributed by atoms with E-state index in [0.717, 1.165) is 0 Å². The van der Waals surface area contributed by atoms with Gasteiger partial charge in [-0.2, -0.15) is 13.2 Å². The molecule has 156 valence electrons. The van der Waals surface area contributed by atoms with Crippen LogP contribution in [0, 0.1) is 5.92 Å². The Morgan fingerprint density at radius 2 is 1.96 bits per heavy atom. The van der Waals surface area contributed by atoms with Gasteiger partial charge in [0.1, 0.15) is 11.8 Å². The van der Waals surface area contributed by atoms with Crippen LogP contribution in [0.25, 0.3) is 0 Å². The largest absolute Gasteiger partial charge is 0.484 e. The molecule has 6 nitrogen and oxygen atoms in total. The summed E-state index contributed by atoms with van der Waals surface area (Å²) in [5, 5.41) is 2.99. The molecule has 1 amide bonds. The smallest absolute Gasteiger partial charge is 0.422 e. The number of nitrogens with one attached hydrogen (secondary N) is 1. The molecule has 1 saturated heterocycles. The third-order valence-electron chi connectivity index (χ3n) is 4.42. The third-order valence-corrected chi connectivity index (χ3v) is 4.42. The topological polar surface area (TPSA) is 67.9 Å². The van der Waals surface area contributed by atoms with Crippen LogP contribution in [0.5, 0.6) is 5.75 Å². The number of alkyl halides is 3. The van der Waals surface area contributed by atoms with E-state index in [-0.39, 0.29) is 23.5 Å². The number of halogens is 3. The molecule has 1 aliphatic heterocycles. The van der Waals surface area contributed by atoms with E-state index < -0.39 is 18.8 Å². The fourth-order valence-corrected chi connectivity index (χ4v) is 3.02. The molecule has 0 saturated carbocycles. The predicted molar refractivity (Wildman–Crippen MR) is 97.0 cm³/mol. The summed E-state index contributed by atoms with van der Waals surface area (Å²) in [6.45, 7) is 3.33. The first-order chi connectivity index (χ1) is 13.2. The molecule has 28 heavy (non-hydrogen) atoms. The summed E-state index contributed by atoms with van der Waals surface area (Å²) in [4.78, 5) is 26.1. The normalized spacial score (nSPS) is 16.4. The molecule has 0 aromatic heterocycles. The van der Waals surface area contributed by atoms with Crippen molar-refractivity contribution in [3.05, 3.63) is 24.3 Å². The Morgan fingerprint density at radius 1 is 1.29 bits per heavy atom. The number of anilines is 1. The maximum absolute atomic E-state index is 12.6. The highest BCUT2D eigenvalue weighted by Crippen LogP contribution is 2.23. The monoisotopic (exact) mass is 402 g/mol. The van der Waals surface area contributed by atoms with Crippen LogP contribution in [0.15, 0.2) is 24.3 Å². The SMILES string of the molecule is CCOC(=O)C1CCN(C(=O)C(C)Nc2cccc(OCC(F)(F)F)c2)CC1. The van der Waals surface area contributed by atoms with Gasteiger partial charge in [-0.3, -0.25) is 9.59 Å². The second kappa shape index (κ2) is 9.66. The van der Waals surface area contributed by atoms with Gasteiger partial charge in [-0.15, -0.1) is 0 Å². The molecule has 9 heteroatoms. The Morgan fingerprint density at radius 3 is 2.57 bits per heavy atom. The van der Waals surface area contributed by atoms with Crippen LogP contribution < -0.4 is 10.1 Å². The average Bonchev–Trinajstić information content (AvgIpc) is 2.66. The lowest BCUT2D eigenvalue weighted by atomic mass is 9.96. The van der Waals surface area contributed by atoms with Gasteiger partial charge in [-0.05, 0) is 38.8 Å². The predicted octanol–water partition coefficient (Wildman–Crippen LogP) is 3.23. The molecule has 0 radical (unpaired) electrons. The highest BCUT2D eigenvalue weighted by atomic mass is 19.4. The first kappa shape index (κ1) is 21.8. The van der Waals surface area contributed by atoms with Gasteiger partial charge in [0.05, 0.1) is 12.5 Å². The fraction of sp³-hybridized carbons (Fsp3) is 0.579. The molecule has 1 N–H and O–H groups in total. The highest BCUT2D eigenvalue weighted by Gasteiger charge is 2.30. The zero-order chi connectivity index (χ0) is 20.7. The van der Waals surface area contributed by atoms with Crippen LogP contribution in [0.4, 0.5) is 18.9 Å². The van der Waals surface area contributed by atoms with Gasteiger partial charge in [0.25, 0.3) is 0 Å². The first-order valence-corrected chi connectivity index (χ1v) is 9.21. The number of benzene rings is 1. The van der Waals surface area contributed by atoms with Crippen LogP contribution in [-0.4, -0.2) is 55.3 Å². The lowest BCUT2D eigenvalue weighted by molar-refractivity contribution is -0.153. The summed E-state index contributed by atoms with van der Waals surface area (Å²) >= 11 is 0. The molecule has 0 spiro atoms. The number of esters is 1. The van der Waals surface area contributed by atoms with Gasteiger partial charge in [-0.25, -0.2) is 0 Å². The number of hydrogen-bond acceptors (Lipinski definition) is 5. The maximum atomic E-state index is 12.6. The Balaban J connectivity index is 1.86. The van der Waals surface area contributed by atoms with Gasteiger partial charge in [-0.1, -0.05) is 6.07 Å². The Bertz CT molecular complexity index is 673. The molecule has 0 aliphatic carbocycles. The van der Waals surface area contributed by atoms with Gasteiger partial charge >= 0.3 is 12.1 Å². The number of nitrogens with zero attached hydrogens (tertiary/aromatic N) is 1. The summed E-state index contributed by atoms with van der Waals surface area (Å²) in [6.07, 6.45) is -3.31. The molecule has 2 rings (SSSR count). The van der Waals surface area contributed by atoms with Crippen molar-refractivity contribution in [2.45, 2.75) is 38.9 Å². The molecule has 1 fully saturated rings. The Labute approximate surface area is 162 Å². The van der Waals surface area contributed by atoms with Crippen LogP contribution in [0.1, 0.15) is 26.7 Å². The number of rotatable bonds is 7. The standard InChI is InChI=1S/C19H25F3N2O4/c1-3-27-18(26)14-7-9-24(10-8-14)17(25)13(2)23-15-5-4-6-16(11-15)28-12-19(20,21)22/h4-6,11,13-14,23H,3,7-10,12H2,1-2H3. The molecule has 1 heterocycles. The van der Waals surface area contributed by atoms with Crippen molar-refractivity contribution in [3.63, 3.8) is 0 Å². The molecular weight excluding hydrogens is 377 g/mol. The summed E-state index contributed by atoms with van der Waals surface area (Å²) in [5.74, 6) is -0.479. The zero-order valence-corrected chi connectivity index (χ0v) is 15.9. The van der Waals surface area contributed by atoms with Crippen molar-refractivity contribution in [2.24, 2.45) is 5.92 Å². The van der Waals surface area contributed by atoms with E-state index in [4.69, 9.17) is 9.47 Å². The maximum Gasteiger partial charge on any atom is 0.422 e. The van der Waals surface area contributed by atoms with Gasteiger partial charge in [0, 0.05) is 24.8 Å². The van der Waals surface area contributed by atoms with Crippen molar-refractivity contribution in [1.82, 2.24) is 4.90 Å². The minimum Gasteiger partial charge on any atom is -0.484 e. The minimum atomic E-state index is -4.41. The fourth-order valence-electron chi connectivity index (χ4n) is 3.02. The number of piperidine rings is 1. The Kier molecular flexibility index (Phi) is 7.53. The summed E-state index contributed by atoms with van der Waals surface area (Å²) in [7, 11) is 0. The van der Waals surface area contributed by atoms with Crippen molar-refractivity contribution >= 4 is 17.6 Å². The minimum absolute atomic E-state index is 0.0669. The van der Waals surface area contributed by atoms with Crippen LogP contribution >= 0.6 is 0 Å². The molecular formula is C19H25F3N2O4. The number of carbonyl (C=O) groups excluding carboxylic acids is 2. The summed E-state index contributed by atoms with van der Waals surface area (Å²) in [6, 6.07) is 5.47. The van der Waals surface area contributed by atoms with E-state index in [0.29, 0.717) is 38.2 Å². The first-order valence-electron chi connectivity index (χ1n) is 9.21. The second-order valence-electron chi connectivity index (χ2n) is 6.65. The third kappa shape index (κ3) is 6.61. The van der Waals surface area contributed by atoms with Crippen LogP contribution in [0.3, 0.4) is 0 Å². The van der Waals surface area contributed by atoms with Crippen molar-refractivity contribution < 1.29 is 32.2 Å². The average molecular weight is 402 g/mol. The van der Waals surface area contributed by atoms with Crippen molar-refractivity contribution in [3.8, 4) is 5.75 Å². The second-order valence-corrected chi connectivity index (χ2v) is 6.65. The number of hydrogen-bond donors (Lipinski definition) is 1. The number of amides is 1. The van der Waals surface area contributed by atoms with E-state index in [9.17, 15) is 22.8 Å². The van der Waals surface area contributed by atoms with E-state index in [2.05, 4.69) is 5.32 Å². The van der Waals surface area contributed by atoms with E-state index in [1.165, 1.54) is 12.1 Å². The van der Waals surface area contributed by atoms with Gasteiger partial charge < -0.3 is 19.7 Å². The lowest BCUT2D eigenvalue weighted by Gasteiger charge is -2.33. The molecule has 1 aliphatic rings. The van der Waals surface area contributed by atoms with E-state index >= 15 is 0 Å². The summed E-state index contributed by atoms with van der Waals surface area (Å²) < 4.78 is 46.5. The molecule has 1 aromatic rings. The summed E-state index contributed by atoms with van der Waals surface area (Å²) in [5.41, 5.74) is 0.488.